The number of likely N-dealkylation sites (tertiary alicyclic amines) is 1. The number of pyridine rings is 1. The Labute approximate surface area is 161 Å². The molecule has 6 heteroatoms. The van der Waals surface area contributed by atoms with Crippen LogP contribution >= 0.6 is 0 Å². The fourth-order valence-corrected chi connectivity index (χ4v) is 4.79. The van der Waals surface area contributed by atoms with E-state index in [1.165, 1.54) is 62.7 Å². The highest BCUT2D eigenvalue weighted by atomic mass is 16.1. The van der Waals surface area contributed by atoms with Crippen molar-refractivity contribution in [1.29, 1.82) is 0 Å². The SMILES string of the molecule is CC(=O)NCCn1nc([C@@H]2CCN(CC3CCCCC3)C2)c2cccnc21. The summed E-state index contributed by atoms with van der Waals surface area (Å²) >= 11 is 0. The van der Waals surface area contributed by atoms with Gasteiger partial charge in [-0.2, -0.15) is 5.10 Å². The first-order chi connectivity index (χ1) is 13.2. The number of hydrogen-bond acceptors (Lipinski definition) is 4. The summed E-state index contributed by atoms with van der Waals surface area (Å²) in [6.45, 7) is 6.34. The molecule has 1 N–H and O–H groups in total. The van der Waals surface area contributed by atoms with Crippen LogP contribution in [0.4, 0.5) is 0 Å². The predicted octanol–water partition coefficient (Wildman–Crippen LogP) is 2.94. The second-order valence-corrected chi connectivity index (χ2v) is 8.22. The molecular formula is C21H31N5O. The van der Waals surface area contributed by atoms with Crippen LogP contribution in [-0.2, 0) is 11.3 Å². The molecule has 27 heavy (non-hydrogen) atoms. The zero-order chi connectivity index (χ0) is 18.6. The van der Waals surface area contributed by atoms with Crippen LogP contribution < -0.4 is 5.32 Å². The van der Waals surface area contributed by atoms with E-state index in [9.17, 15) is 4.79 Å². The Hall–Kier alpha value is -1.95. The molecular weight excluding hydrogens is 338 g/mol. The highest BCUT2D eigenvalue weighted by Crippen LogP contribution is 2.33. The summed E-state index contributed by atoms with van der Waals surface area (Å²) in [6, 6.07) is 4.14. The summed E-state index contributed by atoms with van der Waals surface area (Å²) < 4.78 is 1.96. The summed E-state index contributed by atoms with van der Waals surface area (Å²) in [7, 11) is 0. The maximum atomic E-state index is 11.1. The Morgan fingerprint density at radius 2 is 2.11 bits per heavy atom. The largest absolute Gasteiger partial charge is 0.354 e. The molecule has 1 amide bonds. The summed E-state index contributed by atoms with van der Waals surface area (Å²) in [5, 5.41) is 8.95. The number of amides is 1. The minimum absolute atomic E-state index is 0.00575. The van der Waals surface area contributed by atoms with Crippen molar-refractivity contribution in [3.8, 4) is 0 Å². The highest BCUT2D eigenvalue weighted by molar-refractivity contribution is 5.79. The van der Waals surface area contributed by atoms with Gasteiger partial charge < -0.3 is 10.2 Å². The lowest BCUT2D eigenvalue weighted by atomic mass is 9.89. The van der Waals surface area contributed by atoms with Gasteiger partial charge in [-0.05, 0) is 43.9 Å². The van der Waals surface area contributed by atoms with Crippen molar-refractivity contribution >= 4 is 16.9 Å². The molecule has 0 radical (unpaired) electrons. The van der Waals surface area contributed by atoms with E-state index in [4.69, 9.17) is 5.10 Å². The Morgan fingerprint density at radius 3 is 2.93 bits per heavy atom. The molecule has 0 bridgehead atoms. The number of aromatic nitrogens is 3. The molecule has 1 saturated heterocycles. The number of carbonyl (C=O) groups excluding carboxylic acids is 1. The average Bonchev–Trinajstić information content (AvgIpc) is 3.27. The van der Waals surface area contributed by atoms with Gasteiger partial charge in [-0.1, -0.05) is 19.3 Å². The molecule has 3 heterocycles. The molecule has 1 aliphatic carbocycles. The van der Waals surface area contributed by atoms with Crippen molar-refractivity contribution in [3.05, 3.63) is 24.0 Å². The lowest BCUT2D eigenvalue weighted by Crippen LogP contribution is -2.28. The zero-order valence-corrected chi connectivity index (χ0v) is 16.4. The number of nitrogens with one attached hydrogen (secondary N) is 1. The molecule has 0 aromatic carbocycles. The molecule has 2 aliphatic rings. The second kappa shape index (κ2) is 8.38. The van der Waals surface area contributed by atoms with Crippen molar-refractivity contribution in [1.82, 2.24) is 25.0 Å². The molecule has 2 aromatic rings. The van der Waals surface area contributed by atoms with Crippen LogP contribution in [0.25, 0.3) is 11.0 Å². The van der Waals surface area contributed by atoms with Crippen LogP contribution in [0.15, 0.2) is 18.3 Å². The molecule has 2 aromatic heterocycles. The van der Waals surface area contributed by atoms with Crippen LogP contribution in [-0.4, -0.2) is 51.8 Å². The maximum Gasteiger partial charge on any atom is 0.216 e. The number of rotatable bonds is 6. The first-order valence-corrected chi connectivity index (χ1v) is 10.5. The van der Waals surface area contributed by atoms with Gasteiger partial charge in [0.25, 0.3) is 0 Å². The van der Waals surface area contributed by atoms with Gasteiger partial charge in [-0.15, -0.1) is 0 Å². The van der Waals surface area contributed by atoms with Crippen LogP contribution in [0.1, 0.15) is 57.1 Å². The zero-order valence-electron chi connectivity index (χ0n) is 16.4. The minimum Gasteiger partial charge on any atom is -0.354 e. The number of fused-ring (bicyclic) bond motifs is 1. The summed E-state index contributed by atoms with van der Waals surface area (Å²) in [5.41, 5.74) is 2.12. The van der Waals surface area contributed by atoms with E-state index in [0.29, 0.717) is 19.0 Å². The van der Waals surface area contributed by atoms with Gasteiger partial charge in [0.05, 0.1) is 12.2 Å². The highest BCUT2D eigenvalue weighted by Gasteiger charge is 2.29. The van der Waals surface area contributed by atoms with E-state index >= 15 is 0 Å². The Balaban J connectivity index is 1.46. The third-order valence-electron chi connectivity index (χ3n) is 6.13. The van der Waals surface area contributed by atoms with E-state index in [1.807, 2.05) is 16.9 Å². The monoisotopic (exact) mass is 369 g/mol. The Bertz CT molecular complexity index is 780. The summed E-state index contributed by atoms with van der Waals surface area (Å²) in [5.74, 6) is 1.38. The number of hydrogen-bond donors (Lipinski definition) is 1. The predicted molar refractivity (Wildman–Crippen MR) is 107 cm³/mol. The van der Waals surface area contributed by atoms with Gasteiger partial charge in [0, 0.05) is 44.1 Å². The van der Waals surface area contributed by atoms with Gasteiger partial charge in [0.1, 0.15) is 0 Å². The van der Waals surface area contributed by atoms with Crippen molar-refractivity contribution in [2.45, 2.75) is 57.9 Å². The standard InChI is InChI=1S/C21H31N5O/c1-16(27)22-11-13-26-21-19(8-5-10-23-21)20(24-26)18-9-12-25(15-18)14-17-6-3-2-4-7-17/h5,8,10,17-18H,2-4,6-7,9,11-15H2,1H3,(H,22,27)/t18-/m1/s1. The van der Waals surface area contributed by atoms with E-state index in [0.717, 1.165) is 18.1 Å². The topological polar surface area (TPSA) is 63.1 Å². The van der Waals surface area contributed by atoms with Gasteiger partial charge >= 0.3 is 0 Å². The van der Waals surface area contributed by atoms with E-state index < -0.39 is 0 Å². The van der Waals surface area contributed by atoms with E-state index in [2.05, 4.69) is 21.3 Å². The van der Waals surface area contributed by atoms with Crippen molar-refractivity contribution in [2.75, 3.05) is 26.2 Å². The van der Waals surface area contributed by atoms with Crippen molar-refractivity contribution in [3.63, 3.8) is 0 Å². The second-order valence-electron chi connectivity index (χ2n) is 8.22. The molecule has 1 atom stereocenters. The van der Waals surface area contributed by atoms with E-state index in [1.54, 1.807) is 6.92 Å². The van der Waals surface area contributed by atoms with E-state index in [-0.39, 0.29) is 5.91 Å². The van der Waals surface area contributed by atoms with Crippen LogP contribution in [0.2, 0.25) is 0 Å². The van der Waals surface area contributed by atoms with Crippen LogP contribution in [0.3, 0.4) is 0 Å². The first kappa shape index (κ1) is 18.4. The average molecular weight is 370 g/mol. The smallest absolute Gasteiger partial charge is 0.216 e. The summed E-state index contributed by atoms with van der Waals surface area (Å²) in [4.78, 5) is 18.4. The lowest BCUT2D eigenvalue weighted by Gasteiger charge is -2.26. The molecule has 146 valence electrons. The Kier molecular flexibility index (Phi) is 5.72. The molecule has 4 rings (SSSR count). The van der Waals surface area contributed by atoms with Crippen molar-refractivity contribution in [2.24, 2.45) is 5.92 Å². The third kappa shape index (κ3) is 4.32. The number of nitrogens with zero attached hydrogens (tertiary/aromatic N) is 4. The molecule has 6 nitrogen and oxygen atoms in total. The lowest BCUT2D eigenvalue weighted by molar-refractivity contribution is -0.118. The van der Waals surface area contributed by atoms with Crippen LogP contribution in [0.5, 0.6) is 0 Å². The normalized spacial score (nSPS) is 21.7. The first-order valence-electron chi connectivity index (χ1n) is 10.5. The van der Waals surface area contributed by atoms with Gasteiger partial charge in [-0.25, -0.2) is 9.67 Å². The molecule has 1 aliphatic heterocycles. The molecule has 2 fully saturated rings. The van der Waals surface area contributed by atoms with Crippen LogP contribution in [0, 0.1) is 5.92 Å². The van der Waals surface area contributed by atoms with Gasteiger partial charge in [0.2, 0.25) is 5.91 Å². The quantitative estimate of drug-likeness (QED) is 0.850. The Morgan fingerprint density at radius 1 is 1.26 bits per heavy atom. The van der Waals surface area contributed by atoms with Crippen molar-refractivity contribution < 1.29 is 4.79 Å². The molecule has 0 spiro atoms. The molecule has 0 unspecified atom stereocenters. The van der Waals surface area contributed by atoms with Gasteiger partial charge in [0.15, 0.2) is 5.65 Å². The van der Waals surface area contributed by atoms with Gasteiger partial charge in [-0.3, -0.25) is 4.79 Å². The maximum absolute atomic E-state index is 11.1. The summed E-state index contributed by atoms with van der Waals surface area (Å²) in [6.07, 6.45) is 10.1. The fourth-order valence-electron chi connectivity index (χ4n) is 4.79. The fraction of sp³-hybridized carbons (Fsp3) is 0.667. The minimum atomic E-state index is -0.00575. The number of carbonyl (C=O) groups is 1. The third-order valence-corrected chi connectivity index (χ3v) is 6.13. The molecule has 1 saturated carbocycles.